The van der Waals surface area contributed by atoms with Crippen molar-refractivity contribution in [2.75, 3.05) is 0 Å². The van der Waals surface area contributed by atoms with Crippen molar-refractivity contribution in [2.24, 2.45) is 17.3 Å². The summed E-state index contributed by atoms with van der Waals surface area (Å²) in [5.41, 5.74) is 0.677. The van der Waals surface area contributed by atoms with E-state index >= 15 is 0 Å². The largest absolute Gasteiger partial charge is 0.478 e. The van der Waals surface area contributed by atoms with Gasteiger partial charge in [-0.05, 0) is 23.7 Å². The molecule has 16 heavy (non-hydrogen) atoms. The third kappa shape index (κ3) is 5.34. The van der Waals surface area contributed by atoms with Gasteiger partial charge in [-0.25, -0.2) is 4.79 Å². The summed E-state index contributed by atoms with van der Waals surface area (Å²) < 4.78 is 0. The highest BCUT2D eigenvalue weighted by Crippen LogP contribution is 2.30. The molecule has 2 atom stereocenters. The van der Waals surface area contributed by atoms with Crippen LogP contribution in [0.1, 0.15) is 53.9 Å². The highest BCUT2D eigenvalue weighted by atomic mass is 16.4. The van der Waals surface area contributed by atoms with Gasteiger partial charge in [-0.15, -0.1) is 0 Å². The second-order valence-corrected chi connectivity index (χ2v) is 5.93. The molecule has 1 N–H and O–H groups in total. The first kappa shape index (κ1) is 15.2. The normalized spacial score (nSPS) is 15.6. The van der Waals surface area contributed by atoms with Crippen molar-refractivity contribution in [2.45, 2.75) is 53.9 Å². The summed E-state index contributed by atoms with van der Waals surface area (Å²) in [7, 11) is 0. The van der Waals surface area contributed by atoms with Crippen molar-refractivity contribution in [3.05, 3.63) is 12.2 Å². The van der Waals surface area contributed by atoms with Gasteiger partial charge >= 0.3 is 5.97 Å². The molecule has 0 aliphatic heterocycles. The third-order valence-electron chi connectivity index (χ3n) is 3.62. The van der Waals surface area contributed by atoms with Crippen LogP contribution in [0.5, 0.6) is 0 Å². The summed E-state index contributed by atoms with van der Waals surface area (Å²) in [5.74, 6) is -0.112. The Bertz CT molecular complexity index is 248. The van der Waals surface area contributed by atoms with Crippen molar-refractivity contribution in [1.82, 2.24) is 0 Å². The molecule has 0 saturated carbocycles. The van der Waals surface area contributed by atoms with E-state index in [2.05, 4.69) is 34.3 Å². The van der Waals surface area contributed by atoms with Crippen LogP contribution in [0.2, 0.25) is 0 Å². The van der Waals surface area contributed by atoms with Gasteiger partial charge < -0.3 is 5.11 Å². The molecule has 0 rings (SSSR count). The first-order chi connectivity index (χ1) is 7.16. The van der Waals surface area contributed by atoms with Crippen molar-refractivity contribution in [1.29, 1.82) is 0 Å². The fourth-order valence-electron chi connectivity index (χ4n) is 1.55. The molecule has 0 aromatic heterocycles. The van der Waals surface area contributed by atoms with Crippen LogP contribution in [0, 0.1) is 17.3 Å². The second-order valence-electron chi connectivity index (χ2n) is 5.93. The average molecular weight is 226 g/mol. The van der Waals surface area contributed by atoms with Crippen LogP contribution in [0.3, 0.4) is 0 Å². The van der Waals surface area contributed by atoms with Crippen molar-refractivity contribution in [3.63, 3.8) is 0 Å². The molecule has 0 spiro atoms. The summed E-state index contributed by atoms with van der Waals surface area (Å²) in [6.45, 7) is 14.5. The maximum atomic E-state index is 10.7. The lowest BCUT2D eigenvalue weighted by atomic mass is 9.78. The van der Waals surface area contributed by atoms with E-state index in [1.54, 1.807) is 0 Å². The molecule has 94 valence electrons. The predicted molar refractivity (Wildman–Crippen MR) is 68.4 cm³/mol. The maximum Gasteiger partial charge on any atom is 0.331 e. The van der Waals surface area contributed by atoms with Gasteiger partial charge in [0, 0.05) is 5.57 Å². The lowest BCUT2D eigenvalue weighted by Gasteiger charge is -2.27. The Hall–Kier alpha value is -0.790. The molecule has 2 nitrogen and oxygen atoms in total. The number of carboxylic acid groups (broad SMARTS) is 1. The van der Waals surface area contributed by atoms with Gasteiger partial charge in [0.15, 0.2) is 0 Å². The van der Waals surface area contributed by atoms with Crippen LogP contribution in [0.25, 0.3) is 0 Å². The quantitative estimate of drug-likeness (QED) is 0.692. The van der Waals surface area contributed by atoms with Crippen LogP contribution < -0.4 is 0 Å². The number of aliphatic carboxylic acids is 1. The van der Waals surface area contributed by atoms with E-state index in [1.807, 2.05) is 6.92 Å². The van der Waals surface area contributed by atoms with E-state index in [9.17, 15) is 4.79 Å². The zero-order valence-corrected chi connectivity index (χ0v) is 11.3. The lowest BCUT2D eigenvalue weighted by molar-refractivity contribution is -0.133. The van der Waals surface area contributed by atoms with Crippen LogP contribution in [0.4, 0.5) is 0 Å². The monoisotopic (exact) mass is 226 g/mol. The van der Waals surface area contributed by atoms with E-state index in [0.717, 1.165) is 19.3 Å². The maximum absolute atomic E-state index is 10.7. The SMILES string of the molecule is C=C(C(=O)O)C(C)CCCC(C)C(C)(C)C. The third-order valence-corrected chi connectivity index (χ3v) is 3.62. The molecular weight excluding hydrogens is 200 g/mol. The molecule has 0 amide bonds. The fourth-order valence-corrected chi connectivity index (χ4v) is 1.55. The number of hydrogen-bond donors (Lipinski definition) is 1. The predicted octanol–water partition coefficient (Wildman–Crippen LogP) is 4.12. The smallest absolute Gasteiger partial charge is 0.331 e. The molecule has 0 radical (unpaired) electrons. The van der Waals surface area contributed by atoms with Gasteiger partial charge in [0.25, 0.3) is 0 Å². The first-order valence-electron chi connectivity index (χ1n) is 6.08. The summed E-state index contributed by atoms with van der Waals surface area (Å²) in [6, 6.07) is 0. The Kier molecular flexibility index (Phi) is 5.77. The van der Waals surface area contributed by atoms with Crippen molar-refractivity contribution < 1.29 is 9.90 Å². The Balaban J connectivity index is 3.91. The topological polar surface area (TPSA) is 37.3 Å². The number of rotatable bonds is 6. The molecule has 0 fully saturated rings. The average Bonchev–Trinajstić information content (AvgIpc) is 2.14. The van der Waals surface area contributed by atoms with E-state index in [1.165, 1.54) is 0 Å². The number of carboxylic acids is 1. The second kappa shape index (κ2) is 6.07. The van der Waals surface area contributed by atoms with Gasteiger partial charge in [0.2, 0.25) is 0 Å². The molecule has 0 heterocycles. The molecule has 2 unspecified atom stereocenters. The molecule has 0 bridgehead atoms. The van der Waals surface area contributed by atoms with Crippen molar-refractivity contribution >= 4 is 5.97 Å². The Morgan fingerprint density at radius 3 is 2.12 bits per heavy atom. The molecule has 0 aliphatic rings. The Morgan fingerprint density at radius 2 is 1.75 bits per heavy atom. The Labute approximate surface area is 99.7 Å². The number of carbonyl (C=O) groups is 1. The minimum Gasteiger partial charge on any atom is -0.478 e. The van der Waals surface area contributed by atoms with E-state index < -0.39 is 5.97 Å². The summed E-state index contributed by atoms with van der Waals surface area (Å²) in [6.07, 6.45) is 3.15. The summed E-state index contributed by atoms with van der Waals surface area (Å²) >= 11 is 0. The van der Waals surface area contributed by atoms with E-state index in [4.69, 9.17) is 5.11 Å². The fraction of sp³-hybridized carbons (Fsp3) is 0.786. The highest BCUT2D eigenvalue weighted by molar-refractivity contribution is 5.86. The lowest BCUT2D eigenvalue weighted by Crippen LogP contribution is -2.17. The molecule has 0 aromatic rings. The van der Waals surface area contributed by atoms with Gasteiger partial charge in [-0.1, -0.05) is 54.0 Å². The summed E-state index contributed by atoms with van der Waals surface area (Å²) in [4.78, 5) is 10.7. The van der Waals surface area contributed by atoms with Gasteiger partial charge in [0.1, 0.15) is 0 Å². The van der Waals surface area contributed by atoms with Crippen molar-refractivity contribution in [3.8, 4) is 0 Å². The molecule has 2 heteroatoms. The van der Waals surface area contributed by atoms with Gasteiger partial charge in [-0.2, -0.15) is 0 Å². The zero-order chi connectivity index (χ0) is 12.9. The van der Waals surface area contributed by atoms with Gasteiger partial charge in [0.05, 0.1) is 0 Å². The molecular formula is C14H26O2. The number of hydrogen-bond acceptors (Lipinski definition) is 1. The minimum absolute atomic E-state index is 0.0877. The standard InChI is InChI=1S/C14H26O2/c1-10(12(3)13(15)16)8-7-9-11(2)14(4,5)6/h10-11H,3,7-9H2,1-2,4-6H3,(H,15,16). The Morgan fingerprint density at radius 1 is 1.25 bits per heavy atom. The van der Waals surface area contributed by atoms with Crippen LogP contribution >= 0.6 is 0 Å². The van der Waals surface area contributed by atoms with E-state index in [0.29, 0.717) is 16.9 Å². The summed E-state index contributed by atoms with van der Waals surface area (Å²) in [5, 5.41) is 8.79. The molecule has 0 aliphatic carbocycles. The van der Waals surface area contributed by atoms with Crippen LogP contribution in [0.15, 0.2) is 12.2 Å². The van der Waals surface area contributed by atoms with Crippen LogP contribution in [-0.4, -0.2) is 11.1 Å². The van der Waals surface area contributed by atoms with Crippen LogP contribution in [-0.2, 0) is 4.79 Å². The minimum atomic E-state index is -0.864. The van der Waals surface area contributed by atoms with Gasteiger partial charge in [-0.3, -0.25) is 0 Å². The highest BCUT2D eigenvalue weighted by Gasteiger charge is 2.20. The van der Waals surface area contributed by atoms with E-state index in [-0.39, 0.29) is 5.92 Å². The molecule has 0 aromatic carbocycles. The first-order valence-corrected chi connectivity index (χ1v) is 6.08. The molecule has 0 saturated heterocycles. The zero-order valence-electron chi connectivity index (χ0n) is 11.3.